The van der Waals surface area contributed by atoms with Gasteiger partial charge in [0, 0.05) is 12.0 Å². The number of esters is 1. The summed E-state index contributed by atoms with van der Waals surface area (Å²) < 4.78 is 10.5. The molecule has 0 aliphatic carbocycles. The first-order chi connectivity index (χ1) is 15.5. The molecule has 0 spiro atoms. The predicted octanol–water partition coefficient (Wildman–Crippen LogP) is 3.26. The van der Waals surface area contributed by atoms with Crippen molar-refractivity contribution < 1.29 is 23.9 Å². The van der Waals surface area contributed by atoms with Gasteiger partial charge in [-0.15, -0.1) is 0 Å². The fourth-order valence-corrected chi connectivity index (χ4v) is 2.80. The molecule has 0 aliphatic heterocycles. The molecule has 2 atom stereocenters. The largest absolute Gasteiger partial charge is 0.445 e. The van der Waals surface area contributed by atoms with E-state index in [9.17, 15) is 19.6 Å². The Morgan fingerprint density at radius 2 is 1.48 bits per heavy atom. The number of carbonyl (C=O) groups excluding carboxylic acids is 3. The van der Waals surface area contributed by atoms with Crippen molar-refractivity contribution in [3.63, 3.8) is 0 Å². The molecule has 33 heavy (non-hydrogen) atoms. The Morgan fingerprint density at radius 3 is 2.00 bits per heavy atom. The Labute approximate surface area is 193 Å². The lowest BCUT2D eigenvalue weighted by atomic mass is 10.0. The molecule has 0 fully saturated rings. The maximum Gasteiger partial charge on any atom is 0.408 e. The van der Waals surface area contributed by atoms with Gasteiger partial charge in [0.25, 0.3) is 11.5 Å². The van der Waals surface area contributed by atoms with E-state index in [0.29, 0.717) is 0 Å². The van der Waals surface area contributed by atoms with Crippen LogP contribution in [0.1, 0.15) is 38.8 Å². The van der Waals surface area contributed by atoms with Crippen LogP contribution in [0.3, 0.4) is 0 Å². The van der Waals surface area contributed by atoms with E-state index < -0.39 is 35.2 Å². The van der Waals surface area contributed by atoms with E-state index in [1.54, 1.807) is 63.2 Å². The quantitative estimate of drug-likeness (QED) is 0.595. The van der Waals surface area contributed by atoms with Crippen molar-refractivity contribution in [2.45, 2.75) is 57.9 Å². The fourth-order valence-electron chi connectivity index (χ4n) is 2.80. The lowest BCUT2D eigenvalue weighted by Gasteiger charge is -2.28. The highest BCUT2D eigenvalue weighted by molar-refractivity contribution is 5.92. The summed E-state index contributed by atoms with van der Waals surface area (Å²) in [6, 6.07) is 18.6. The van der Waals surface area contributed by atoms with Crippen LogP contribution in [0.4, 0.5) is 4.79 Å². The van der Waals surface area contributed by atoms with Crippen LogP contribution in [0.5, 0.6) is 0 Å². The van der Waals surface area contributed by atoms with E-state index in [4.69, 9.17) is 9.47 Å². The second-order valence-corrected chi connectivity index (χ2v) is 8.72. The van der Waals surface area contributed by atoms with Crippen molar-refractivity contribution in [3.05, 3.63) is 71.8 Å². The Balaban J connectivity index is 2.14. The SMILES string of the molecule is CC(C)(C)NC(=O)C(C)(C#N)OC(=O)[C@H](Cc1ccccc1)NC(=O)OCc1ccccc1. The van der Waals surface area contributed by atoms with Crippen LogP contribution in [0.15, 0.2) is 60.7 Å². The molecule has 0 saturated carbocycles. The number of benzene rings is 2. The molecule has 174 valence electrons. The van der Waals surface area contributed by atoms with Crippen LogP contribution >= 0.6 is 0 Å². The van der Waals surface area contributed by atoms with Crippen molar-refractivity contribution in [1.82, 2.24) is 10.6 Å². The van der Waals surface area contributed by atoms with Gasteiger partial charge in [0.1, 0.15) is 18.7 Å². The molecule has 0 aromatic heterocycles. The molecule has 0 radical (unpaired) electrons. The Kier molecular flexibility index (Phi) is 8.57. The molecule has 2 N–H and O–H groups in total. The highest BCUT2D eigenvalue weighted by Crippen LogP contribution is 2.15. The summed E-state index contributed by atoms with van der Waals surface area (Å²) in [5.41, 5.74) is -1.18. The first-order valence-corrected chi connectivity index (χ1v) is 10.5. The average molecular weight is 452 g/mol. The topological polar surface area (TPSA) is 118 Å². The second-order valence-electron chi connectivity index (χ2n) is 8.72. The van der Waals surface area contributed by atoms with Crippen molar-refractivity contribution >= 4 is 18.0 Å². The number of amides is 2. The van der Waals surface area contributed by atoms with Gasteiger partial charge < -0.3 is 20.1 Å². The summed E-state index contributed by atoms with van der Waals surface area (Å²) in [5.74, 6) is -1.68. The summed E-state index contributed by atoms with van der Waals surface area (Å²) in [7, 11) is 0. The lowest BCUT2D eigenvalue weighted by molar-refractivity contribution is -0.163. The molecular formula is C25H29N3O5. The highest BCUT2D eigenvalue weighted by Gasteiger charge is 2.41. The maximum absolute atomic E-state index is 13.0. The van der Waals surface area contributed by atoms with Crippen LogP contribution in [0, 0.1) is 11.3 Å². The molecule has 0 saturated heterocycles. The molecule has 2 aromatic rings. The summed E-state index contributed by atoms with van der Waals surface area (Å²) in [5, 5.41) is 14.7. The number of ether oxygens (including phenoxy) is 2. The summed E-state index contributed by atoms with van der Waals surface area (Å²) in [4.78, 5) is 38.0. The zero-order valence-corrected chi connectivity index (χ0v) is 19.3. The predicted molar refractivity (Wildman–Crippen MR) is 122 cm³/mol. The molecule has 8 heteroatoms. The number of hydrogen-bond donors (Lipinski definition) is 2. The number of hydrogen-bond acceptors (Lipinski definition) is 6. The van der Waals surface area contributed by atoms with E-state index in [1.807, 2.05) is 24.3 Å². The van der Waals surface area contributed by atoms with E-state index in [-0.39, 0.29) is 13.0 Å². The Morgan fingerprint density at radius 1 is 0.939 bits per heavy atom. The van der Waals surface area contributed by atoms with Crippen LogP contribution in [0.25, 0.3) is 0 Å². The maximum atomic E-state index is 13.0. The van der Waals surface area contributed by atoms with Gasteiger partial charge in [-0.1, -0.05) is 60.7 Å². The lowest BCUT2D eigenvalue weighted by Crippen LogP contribution is -2.55. The minimum atomic E-state index is -2.07. The Bertz CT molecular complexity index is 996. The fraction of sp³-hybridized carbons (Fsp3) is 0.360. The summed E-state index contributed by atoms with van der Waals surface area (Å²) in [6.45, 7) is 6.45. The van der Waals surface area contributed by atoms with Gasteiger partial charge in [0.2, 0.25) is 0 Å². The van der Waals surface area contributed by atoms with Crippen LogP contribution in [-0.4, -0.2) is 35.2 Å². The van der Waals surface area contributed by atoms with E-state index in [2.05, 4.69) is 10.6 Å². The van der Waals surface area contributed by atoms with Gasteiger partial charge in [-0.05, 0) is 38.8 Å². The van der Waals surface area contributed by atoms with Gasteiger partial charge in [-0.3, -0.25) is 4.79 Å². The van der Waals surface area contributed by atoms with Crippen molar-refractivity contribution in [2.24, 2.45) is 0 Å². The van der Waals surface area contributed by atoms with Gasteiger partial charge in [0.15, 0.2) is 0 Å². The number of carbonyl (C=O) groups is 3. The van der Waals surface area contributed by atoms with Gasteiger partial charge in [-0.25, -0.2) is 9.59 Å². The normalized spacial score (nSPS) is 13.5. The first kappa shape index (κ1) is 25.4. The molecule has 2 aromatic carbocycles. The number of rotatable bonds is 8. The third kappa shape index (κ3) is 8.30. The average Bonchev–Trinajstić information content (AvgIpc) is 2.77. The van der Waals surface area contributed by atoms with Gasteiger partial charge >= 0.3 is 12.1 Å². The molecule has 0 heterocycles. The third-order valence-corrected chi connectivity index (χ3v) is 4.51. The van der Waals surface area contributed by atoms with Crippen molar-refractivity contribution in [1.29, 1.82) is 5.26 Å². The van der Waals surface area contributed by atoms with Crippen LogP contribution in [0.2, 0.25) is 0 Å². The van der Waals surface area contributed by atoms with E-state index >= 15 is 0 Å². The molecule has 0 aliphatic rings. The Hall–Kier alpha value is -3.86. The van der Waals surface area contributed by atoms with Crippen LogP contribution < -0.4 is 10.6 Å². The van der Waals surface area contributed by atoms with E-state index in [0.717, 1.165) is 11.1 Å². The zero-order chi connectivity index (χ0) is 24.5. The first-order valence-electron chi connectivity index (χ1n) is 10.5. The molecule has 2 rings (SSSR count). The molecular weight excluding hydrogens is 422 g/mol. The second kappa shape index (κ2) is 11.1. The van der Waals surface area contributed by atoms with Gasteiger partial charge in [-0.2, -0.15) is 5.26 Å². The molecule has 8 nitrogen and oxygen atoms in total. The van der Waals surface area contributed by atoms with Gasteiger partial charge in [0.05, 0.1) is 0 Å². The summed E-state index contributed by atoms with van der Waals surface area (Å²) >= 11 is 0. The van der Waals surface area contributed by atoms with Crippen molar-refractivity contribution in [2.75, 3.05) is 0 Å². The smallest absolute Gasteiger partial charge is 0.408 e. The third-order valence-electron chi connectivity index (χ3n) is 4.51. The monoisotopic (exact) mass is 451 g/mol. The van der Waals surface area contributed by atoms with Crippen LogP contribution in [-0.2, 0) is 32.1 Å². The number of nitrogens with one attached hydrogen (secondary N) is 2. The molecule has 1 unspecified atom stereocenters. The number of alkyl carbamates (subject to hydrolysis) is 1. The molecule has 2 amide bonds. The zero-order valence-electron chi connectivity index (χ0n) is 19.3. The minimum absolute atomic E-state index is 0.0175. The van der Waals surface area contributed by atoms with Crippen molar-refractivity contribution in [3.8, 4) is 6.07 Å². The minimum Gasteiger partial charge on any atom is -0.445 e. The standard InChI is InChI=1S/C25H29N3O5/c1-24(2,3)28-22(30)25(4,17-26)33-21(29)20(15-18-11-7-5-8-12-18)27-23(31)32-16-19-13-9-6-10-14-19/h5-14,20H,15-16H2,1-4H3,(H,27,31)(H,28,30)/t20-,25?/m0/s1. The van der Waals surface area contributed by atoms with E-state index in [1.165, 1.54) is 6.92 Å². The number of nitriles is 1. The molecule has 0 bridgehead atoms. The number of nitrogens with zero attached hydrogens (tertiary/aromatic N) is 1. The highest BCUT2D eigenvalue weighted by atomic mass is 16.6. The summed E-state index contributed by atoms with van der Waals surface area (Å²) in [6.07, 6.45) is -0.739.